The lowest BCUT2D eigenvalue weighted by Gasteiger charge is -2.15. The van der Waals surface area contributed by atoms with Gasteiger partial charge in [-0.15, -0.1) is 0 Å². The van der Waals surface area contributed by atoms with Crippen molar-refractivity contribution in [3.63, 3.8) is 0 Å². The molecule has 7 heteroatoms. The minimum absolute atomic E-state index is 0.0612. The van der Waals surface area contributed by atoms with Crippen LogP contribution in [-0.4, -0.2) is 27.3 Å². The number of nitrogens with one attached hydrogen (secondary N) is 1. The molecule has 0 saturated heterocycles. The molecule has 1 N–H and O–H groups in total. The minimum Gasteiger partial charge on any atom is -0.352 e. The maximum Gasteiger partial charge on any atom is 0.269 e. The largest absolute Gasteiger partial charge is 0.352 e. The van der Waals surface area contributed by atoms with Gasteiger partial charge in [-0.3, -0.25) is 14.2 Å². The Hall–Kier alpha value is -3.45. The number of nitrogens with zero attached hydrogens (tertiary/aromatic N) is 2. The summed E-state index contributed by atoms with van der Waals surface area (Å²) in [5, 5.41) is 3.37. The van der Waals surface area contributed by atoms with Crippen LogP contribution in [0, 0.1) is 5.82 Å². The zero-order valence-electron chi connectivity index (χ0n) is 17.1. The van der Waals surface area contributed by atoms with Crippen LogP contribution in [0.1, 0.15) is 11.1 Å². The normalized spacial score (nSPS) is 13.3. The Kier molecular flexibility index (Phi) is 5.49. The number of carbonyl (C=O) groups is 1. The number of fused-ring (bicyclic) bond motifs is 2. The molecule has 0 atom stereocenters. The number of rotatable bonds is 5. The topological polar surface area (TPSA) is 64.0 Å². The Morgan fingerprint density at radius 1 is 1.00 bits per heavy atom. The van der Waals surface area contributed by atoms with E-state index in [0.29, 0.717) is 10.8 Å². The summed E-state index contributed by atoms with van der Waals surface area (Å²) >= 11 is 1.17. The van der Waals surface area contributed by atoms with Crippen molar-refractivity contribution in [2.45, 2.75) is 24.0 Å². The second kappa shape index (κ2) is 8.59. The van der Waals surface area contributed by atoms with E-state index < -0.39 is 11.4 Å². The first-order valence-corrected chi connectivity index (χ1v) is 11.3. The van der Waals surface area contributed by atoms with Crippen LogP contribution < -0.4 is 10.9 Å². The highest BCUT2D eigenvalue weighted by Crippen LogP contribution is 2.24. The third-order valence-corrected chi connectivity index (χ3v) is 6.52. The summed E-state index contributed by atoms with van der Waals surface area (Å²) in [7, 11) is 0. The number of amides is 1. The summed E-state index contributed by atoms with van der Waals surface area (Å²) in [4.78, 5) is 30.4. The Morgan fingerprint density at radius 2 is 1.69 bits per heavy atom. The number of halogens is 1. The summed E-state index contributed by atoms with van der Waals surface area (Å²) in [5.74, 6) is -0.631. The van der Waals surface area contributed by atoms with Gasteiger partial charge in [0.1, 0.15) is 11.2 Å². The molecule has 1 aliphatic rings. The van der Waals surface area contributed by atoms with Crippen molar-refractivity contribution < 1.29 is 9.18 Å². The first-order valence-electron chi connectivity index (χ1n) is 10.4. The van der Waals surface area contributed by atoms with Crippen molar-refractivity contribution in [1.82, 2.24) is 14.9 Å². The molecule has 1 aliphatic carbocycles. The van der Waals surface area contributed by atoms with Gasteiger partial charge < -0.3 is 5.32 Å². The number of hydrogen-bond donors (Lipinski definition) is 1. The standard InChI is InChI=1S/C25H20FN3O2S/c26-20-11-6-12-21-23(20)24(31)29(19-9-2-1-3-10-19)25(28-21)32-15-22(30)27-18-13-16-7-4-5-8-17(16)14-18/h1-12,18H,13-15H2,(H,27,30). The summed E-state index contributed by atoms with van der Waals surface area (Å²) in [6.45, 7) is 0. The van der Waals surface area contributed by atoms with Crippen molar-refractivity contribution in [1.29, 1.82) is 0 Å². The van der Waals surface area contributed by atoms with Gasteiger partial charge in [-0.05, 0) is 48.2 Å². The summed E-state index contributed by atoms with van der Waals surface area (Å²) in [5.41, 5.74) is 2.89. The Balaban J connectivity index is 1.40. The van der Waals surface area contributed by atoms with Gasteiger partial charge in [0.2, 0.25) is 5.91 Å². The molecule has 160 valence electrons. The molecule has 1 aromatic heterocycles. The monoisotopic (exact) mass is 445 g/mol. The predicted octanol–water partition coefficient (Wildman–Crippen LogP) is 3.90. The van der Waals surface area contributed by atoms with Gasteiger partial charge in [0.25, 0.3) is 5.56 Å². The van der Waals surface area contributed by atoms with Crippen molar-refractivity contribution in [2.24, 2.45) is 0 Å². The lowest BCUT2D eigenvalue weighted by Crippen LogP contribution is -2.36. The molecule has 0 aliphatic heterocycles. The van der Waals surface area contributed by atoms with Crippen LogP contribution in [0.2, 0.25) is 0 Å². The summed E-state index contributed by atoms with van der Waals surface area (Å²) in [6.07, 6.45) is 1.63. The van der Waals surface area contributed by atoms with Crippen molar-refractivity contribution >= 4 is 28.6 Å². The van der Waals surface area contributed by atoms with Gasteiger partial charge in [-0.2, -0.15) is 0 Å². The van der Waals surface area contributed by atoms with Crippen LogP contribution in [0.5, 0.6) is 0 Å². The van der Waals surface area contributed by atoms with E-state index in [1.807, 2.05) is 18.2 Å². The van der Waals surface area contributed by atoms with Gasteiger partial charge in [-0.1, -0.05) is 60.3 Å². The fourth-order valence-corrected chi connectivity index (χ4v) is 4.96. The number of carbonyl (C=O) groups excluding carboxylic acids is 1. The van der Waals surface area contributed by atoms with Gasteiger partial charge in [0.15, 0.2) is 5.16 Å². The molecule has 0 unspecified atom stereocenters. The first-order chi connectivity index (χ1) is 15.6. The molecular weight excluding hydrogens is 425 g/mol. The highest BCUT2D eigenvalue weighted by molar-refractivity contribution is 7.99. The fourth-order valence-electron chi connectivity index (χ4n) is 4.13. The van der Waals surface area contributed by atoms with Gasteiger partial charge >= 0.3 is 0 Å². The van der Waals surface area contributed by atoms with E-state index in [0.717, 1.165) is 12.8 Å². The quantitative estimate of drug-likeness (QED) is 0.374. The van der Waals surface area contributed by atoms with Crippen LogP contribution in [0.3, 0.4) is 0 Å². The Labute approximate surface area is 188 Å². The molecular formula is C25H20FN3O2S. The maximum atomic E-state index is 14.4. The smallest absolute Gasteiger partial charge is 0.269 e. The number of aromatic nitrogens is 2. The van der Waals surface area contributed by atoms with E-state index in [1.54, 1.807) is 30.3 Å². The lowest BCUT2D eigenvalue weighted by atomic mass is 10.1. The molecule has 5 nitrogen and oxygen atoms in total. The average molecular weight is 446 g/mol. The Bertz CT molecular complexity index is 1350. The average Bonchev–Trinajstić information content (AvgIpc) is 3.20. The number of para-hydroxylation sites is 1. The lowest BCUT2D eigenvalue weighted by molar-refractivity contribution is -0.119. The van der Waals surface area contributed by atoms with E-state index in [1.165, 1.54) is 39.6 Å². The molecule has 1 amide bonds. The molecule has 0 fully saturated rings. The molecule has 0 radical (unpaired) electrons. The van der Waals surface area contributed by atoms with Gasteiger partial charge in [0, 0.05) is 6.04 Å². The highest BCUT2D eigenvalue weighted by Gasteiger charge is 2.23. The van der Waals surface area contributed by atoms with E-state index in [4.69, 9.17) is 0 Å². The molecule has 32 heavy (non-hydrogen) atoms. The number of hydrogen-bond acceptors (Lipinski definition) is 4. The molecule has 0 bridgehead atoms. The number of benzene rings is 3. The molecule has 1 heterocycles. The SMILES string of the molecule is O=C(CSc1nc2cccc(F)c2c(=O)n1-c1ccccc1)NC1Cc2ccccc2C1. The second-order valence-corrected chi connectivity index (χ2v) is 8.68. The molecule has 3 aromatic carbocycles. The van der Waals surface area contributed by atoms with E-state index in [-0.39, 0.29) is 28.6 Å². The molecule has 4 aromatic rings. The number of thioether (sulfide) groups is 1. The van der Waals surface area contributed by atoms with Crippen LogP contribution >= 0.6 is 11.8 Å². The van der Waals surface area contributed by atoms with Crippen molar-refractivity contribution in [3.05, 3.63) is 100 Å². The second-order valence-electron chi connectivity index (χ2n) is 7.73. The third kappa shape index (κ3) is 3.91. The van der Waals surface area contributed by atoms with Crippen molar-refractivity contribution in [2.75, 3.05) is 5.75 Å². The van der Waals surface area contributed by atoms with Gasteiger partial charge in [-0.25, -0.2) is 9.37 Å². The van der Waals surface area contributed by atoms with E-state index in [9.17, 15) is 14.0 Å². The molecule has 5 rings (SSSR count). The molecule has 0 saturated carbocycles. The fraction of sp³-hybridized carbons (Fsp3) is 0.160. The van der Waals surface area contributed by atoms with Crippen LogP contribution in [0.4, 0.5) is 4.39 Å². The van der Waals surface area contributed by atoms with Crippen LogP contribution in [-0.2, 0) is 17.6 Å². The van der Waals surface area contributed by atoms with E-state index >= 15 is 0 Å². The molecule has 0 spiro atoms. The third-order valence-electron chi connectivity index (χ3n) is 5.58. The van der Waals surface area contributed by atoms with Crippen LogP contribution in [0.25, 0.3) is 16.6 Å². The summed E-state index contributed by atoms with van der Waals surface area (Å²) in [6, 6.07) is 21.6. The first kappa shape index (κ1) is 20.5. The zero-order chi connectivity index (χ0) is 22.1. The van der Waals surface area contributed by atoms with E-state index in [2.05, 4.69) is 22.4 Å². The maximum absolute atomic E-state index is 14.4. The Morgan fingerprint density at radius 3 is 2.41 bits per heavy atom. The zero-order valence-corrected chi connectivity index (χ0v) is 17.9. The minimum atomic E-state index is -0.611. The van der Waals surface area contributed by atoms with Crippen molar-refractivity contribution in [3.8, 4) is 5.69 Å². The highest BCUT2D eigenvalue weighted by atomic mass is 32.2. The predicted molar refractivity (Wildman–Crippen MR) is 124 cm³/mol. The summed E-state index contributed by atoms with van der Waals surface area (Å²) < 4.78 is 15.8. The van der Waals surface area contributed by atoms with Crippen LogP contribution in [0.15, 0.2) is 82.7 Å². The van der Waals surface area contributed by atoms with Gasteiger partial charge in [0.05, 0.1) is 17.0 Å².